The topological polar surface area (TPSA) is 81.4 Å². The van der Waals surface area contributed by atoms with Gasteiger partial charge in [-0.3, -0.25) is 0 Å². The Bertz CT molecular complexity index is 526. The number of benzene rings is 1. The quantitative estimate of drug-likeness (QED) is 0.745. The van der Waals surface area contributed by atoms with Crippen LogP contribution >= 0.6 is 12.2 Å². The molecule has 0 aromatic heterocycles. The van der Waals surface area contributed by atoms with Crippen LogP contribution in [-0.4, -0.2) is 26.6 Å². The summed E-state index contributed by atoms with van der Waals surface area (Å²) in [6.07, 6.45) is 1.36. The molecule has 106 valence electrons. The van der Waals surface area contributed by atoms with Crippen molar-refractivity contribution in [1.82, 2.24) is 4.72 Å². The summed E-state index contributed by atoms with van der Waals surface area (Å²) in [5.74, 6) is 0.596. The van der Waals surface area contributed by atoms with Crippen molar-refractivity contribution in [3.05, 3.63) is 24.3 Å². The Balaban J connectivity index is 2.92. The van der Waals surface area contributed by atoms with Gasteiger partial charge < -0.3 is 10.5 Å². The van der Waals surface area contributed by atoms with E-state index in [4.69, 9.17) is 22.7 Å². The summed E-state index contributed by atoms with van der Waals surface area (Å²) in [4.78, 5) is 0.310. The second-order valence-electron chi connectivity index (χ2n) is 4.04. The highest BCUT2D eigenvalue weighted by Gasteiger charge is 2.21. The number of nitrogens with one attached hydrogen (secondary N) is 1. The van der Waals surface area contributed by atoms with E-state index in [1.807, 2.05) is 6.92 Å². The van der Waals surface area contributed by atoms with E-state index in [0.717, 1.165) is 6.42 Å². The Labute approximate surface area is 119 Å². The molecule has 0 radical (unpaired) electrons. The fourth-order valence-corrected chi connectivity index (χ4v) is 3.06. The average molecular weight is 302 g/mol. The molecule has 19 heavy (non-hydrogen) atoms. The molecule has 1 unspecified atom stereocenters. The molecule has 1 atom stereocenters. The predicted octanol–water partition coefficient (Wildman–Crippen LogP) is 1.43. The Morgan fingerprint density at radius 3 is 2.42 bits per heavy atom. The number of hydrogen-bond acceptors (Lipinski definition) is 4. The largest absolute Gasteiger partial charge is 0.497 e. The van der Waals surface area contributed by atoms with E-state index in [-0.39, 0.29) is 9.88 Å². The van der Waals surface area contributed by atoms with Crippen LogP contribution in [0.3, 0.4) is 0 Å². The van der Waals surface area contributed by atoms with E-state index in [1.165, 1.54) is 19.2 Å². The maximum absolute atomic E-state index is 12.2. The van der Waals surface area contributed by atoms with Gasteiger partial charge in [0.15, 0.2) is 0 Å². The molecule has 0 saturated carbocycles. The Morgan fingerprint density at radius 2 is 2.00 bits per heavy atom. The van der Waals surface area contributed by atoms with Gasteiger partial charge in [0, 0.05) is 0 Å². The van der Waals surface area contributed by atoms with Crippen LogP contribution in [0.5, 0.6) is 5.75 Å². The van der Waals surface area contributed by atoms with Crippen LogP contribution in [0.25, 0.3) is 0 Å². The molecule has 7 heteroatoms. The summed E-state index contributed by atoms with van der Waals surface area (Å²) in [6, 6.07) is 5.61. The number of rotatable bonds is 7. The Kier molecular flexibility index (Phi) is 5.71. The molecule has 0 aliphatic rings. The molecule has 0 spiro atoms. The lowest BCUT2D eigenvalue weighted by atomic mass is 10.2. The first-order valence-corrected chi connectivity index (χ1v) is 7.75. The highest BCUT2D eigenvalue weighted by atomic mass is 32.2. The van der Waals surface area contributed by atoms with Crippen LogP contribution in [0.15, 0.2) is 29.2 Å². The van der Waals surface area contributed by atoms with Gasteiger partial charge in [-0.05, 0) is 30.7 Å². The number of hydrogen-bond donors (Lipinski definition) is 2. The van der Waals surface area contributed by atoms with Gasteiger partial charge >= 0.3 is 0 Å². The van der Waals surface area contributed by atoms with Gasteiger partial charge in [-0.1, -0.05) is 25.6 Å². The molecule has 3 N–H and O–H groups in total. The Morgan fingerprint density at radius 1 is 1.42 bits per heavy atom. The van der Waals surface area contributed by atoms with E-state index < -0.39 is 16.1 Å². The zero-order valence-corrected chi connectivity index (χ0v) is 12.6. The molecular weight excluding hydrogens is 284 g/mol. The minimum absolute atomic E-state index is 0.152. The molecule has 0 bridgehead atoms. The smallest absolute Gasteiger partial charge is 0.241 e. The van der Waals surface area contributed by atoms with Crippen molar-refractivity contribution in [1.29, 1.82) is 0 Å². The zero-order chi connectivity index (χ0) is 14.5. The summed E-state index contributed by atoms with van der Waals surface area (Å²) in [5.41, 5.74) is 5.54. The third kappa shape index (κ3) is 4.45. The van der Waals surface area contributed by atoms with Crippen molar-refractivity contribution in [3.63, 3.8) is 0 Å². The van der Waals surface area contributed by atoms with Crippen LogP contribution < -0.4 is 15.2 Å². The molecule has 1 rings (SSSR count). The van der Waals surface area contributed by atoms with Crippen molar-refractivity contribution in [2.75, 3.05) is 7.11 Å². The number of ether oxygens (including phenoxy) is 1. The van der Waals surface area contributed by atoms with Gasteiger partial charge in [0.25, 0.3) is 0 Å². The van der Waals surface area contributed by atoms with Crippen LogP contribution in [0.2, 0.25) is 0 Å². The van der Waals surface area contributed by atoms with Gasteiger partial charge in [-0.25, -0.2) is 13.1 Å². The molecule has 0 fully saturated rings. The summed E-state index contributed by atoms with van der Waals surface area (Å²) >= 11 is 4.87. The van der Waals surface area contributed by atoms with Crippen LogP contribution in [0.1, 0.15) is 19.8 Å². The number of sulfonamides is 1. The lowest BCUT2D eigenvalue weighted by molar-refractivity contribution is 0.414. The van der Waals surface area contributed by atoms with Crippen molar-refractivity contribution in [2.24, 2.45) is 5.73 Å². The van der Waals surface area contributed by atoms with E-state index >= 15 is 0 Å². The normalized spacial score (nSPS) is 12.9. The van der Waals surface area contributed by atoms with Crippen LogP contribution in [-0.2, 0) is 10.0 Å². The van der Waals surface area contributed by atoms with Gasteiger partial charge in [0.2, 0.25) is 10.0 Å². The molecule has 0 saturated heterocycles. The van der Waals surface area contributed by atoms with Crippen LogP contribution in [0.4, 0.5) is 0 Å². The van der Waals surface area contributed by atoms with Gasteiger partial charge in [-0.2, -0.15) is 0 Å². The molecule has 1 aromatic carbocycles. The van der Waals surface area contributed by atoms with E-state index in [1.54, 1.807) is 12.1 Å². The highest BCUT2D eigenvalue weighted by Crippen LogP contribution is 2.16. The third-order valence-electron chi connectivity index (χ3n) is 2.59. The summed E-state index contributed by atoms with van der Waals surface area (Å²) in [5, 5.41) is 0. The summed E-state index contributed by atoms with van der Waals surface area (Å²) < 4.78 is 31.8. The van der Waals surface area contributed by atoms with E-state index in [0.29, 0.717) is 12.2 Å². The molecule has 0 aliphatic heterocycles. The van der Waals surface area contributed by atoms with Gasteiger partial charge in [0.1, 0.15) is 5.75 Å². The molecule has 0 heterocycles. The lowest BCUT2D eigenvalue weighted by Gasteiger charge is -2.16. The standard InChI is InChI=1S/C12H18N2O3S2/c1-3-4-11(12(13)18)14-19(15,16)10-7-5-9(17-2)6-8-10/h5-8,11,14H,3-4H2,1-2H3,(H2,13,18). The number of nitrogens with two attached hydrogens (primary N) is 1. The van der Waals surface area contributed by atoms with Crippen molar-refractivity contribution in [3.8, 4) is 5.75 Å². The molecule has 1 aromatic rings. The molecule has 0 aliphatic carbocycles. The van der Waals surface area contributed by atoms with Gasteiger partial charge in [0.05, 0.1) is 23.0 Å². The third-order valence-corrected chi connectivity index (χ3v) is 4.36. The minimum Gasteiger partial charge on any atom is -0.497 e. The maximum atomic E-state index is 12.2. The first-order chi connectivity index (χ1) is 8.90. The van der Waals surface area contributed by atoms with E-state index in [9.17, 15) is 8.42 Å². The van der Waals surface area contributed by atoms with Crippen LogP contribution in [0, 0.1) is 0 Å². The first kappa shape index (κ1) is 15.9. The number of methoxy groups -OCH3 is 1. The fraction of sp³-hybridized carbons (Fsp3) is 0.417. The highest BCUT2D eigenvalue weighted by molar-refractivity contribution is 7.89. The van der Waals surface area contributed by atoms with Crippen molar-refractivity contribution in [2.45, 2.75) is 30.7 Å². The monoisotopic (exact) mass is 302 g/mol. The van der Waals surface area contributed by atoms with Crippen molar-refractivity contribution < 1.29 is 13.2 Å². The maximum Gasteiger partial charge on any atom is 0.241 e. The fourth-order valence-electron chi connectivity index (χ4n) is 1.56. The average Bonchev–Trinajstić information content (AvgIpc) is 2.38. The Hall–Kier alpha value is -1.18. The molecule has 5 nitrogen and oxygen atoms in total. The molecule has 0 amide bonds. The SMILES string of the molecule is CCCC(NS(=O)(=O)c1ccc(OC)cc1)C(N)=S. The summed E-state index contributed by atoms with van der Waals surface area (Å²) in [7, 11) is -2.11. The first-order valence-electron chi connectivity index (χ1n) is 5.86. The molecular formula is C12H18N2O3S2. The zero-order valence-electron chi connectivity index (χ0n) is 10.9. The van der Waals surface area contributed by atoms with Gasteiger partial charge in [-0.15, -0.1) is 0 Å². The van der Waals surface area contributed by atoms with E-state index in [2.05, 4.69) is 4.72 Å². The lowest BCUT2D eigenvalue weighted by Crippen LogP contribution is -2.43. The minimum atomic E-state index is -3.62. The second kappa shape index (κ2) is 6.83. The van der Waals surface area contributed by atoms with Crippen molar-refractivity contribution >= 4 is 27.2 Å². The number of thiocarbonyl (C=S) groups is 1. The second-order valence-corrected chi connectivity index (χ2v) is 6.23. The predicted molar refractivity (Wildman–Crippen MR) is 78.8 cm³/mol. The summed E-state index contributed by atoms with van der Waals surface area (Å²) in [6.45, 7) is 1.94.